The number of carbonyl (C=O) groups is 2. The molecule has 2 N–H and O–H groups in total. The molecule has 0 aliphatic rings. The van der Waals surface area contributed by atoms with Gasteiger partial charge >= 0.3 is 5.97 Å². The molecule has 0 saturated carbocycles. The topological polar surface area (TPSA) is 76.7 Å². The van der Waals surface area contributed by atoms with E-state index in [-0.39, 0.29) is 24.0 Å². The SMILES string of the molecule is CCOC(=O)c1c(-c2ccc(Cl)cc2)csc1NC(=S)NC(=O)CCCOc1ccc(Cl)cc1. The average molecular weight is 537 g/mol. The van der Waals surface area contributed by atoms with Crippen molar-refractivity contribution in [1.29, 1.82) is 0 Å². The van der Waals surface area contributed by atoms with Crippen molar-refractivity contribution >= 4 is 68.7 Å². The highest BCUT2D eigenvalue weighted by molar-refractivity contribution is 7.80. The number of halogens is 2. The van der Waals surface area contributed by atoms with E-state index in [0.29, 0.717) is 45.0 Å². The van der Waals surface area contributed by atoms with Crippen molar-refractivity contribution < 1.29 is 19.1 Å². The van der Waals surface area contributed by atoms with Crippen LogP contribution in [0.1, 0.15) is 30.1 Å². The molecule has 0 radical (unpaired) electrons. The van der Waals surface area contributed by atoms with Gasteiger partial charge in [0, 0.05) is 27.4 Å². The van der Waals surface area contributed by atoms with E-state index in [1.165, 1.54) is 11.3 Å². The highest BCUT2D eigenvalue weighted by atomic mass is 35.5. The Kier molecular flexibility index (Phi) is 9.71. The van der Waals surface area contributed by atoms with Crippen molar-refractivity contribution in [2.45, 2.75) is 19.8 Å². The summed E-state index contributed by atoms with van der Waals surface area (Å²) in [6.07, 6.45) is 0.728. The first-order chi connectivity index (χ1) is 16.4. The number of thiocarbonyl (C=S) groups is 1. The van der Waals surface area contributed by atoms with Gasteiger partial charge in [0.15, 0.2) is 5.11 Å². The fraction of sp³-hybridized carbons (Fsp3) is 0.208. The maximum absolute atomic E-state index is 12.7. The maximum Gasteiger partial charge on any atom is 0.341 e. The smallest absolute Gasteiger partial charge is 0.341 e. The van der Waals surface area contributed by atoms with Crippen LogP contribution in [0, 0.1) is 0 Å². The lowest BCUT2D eigenvalue weighted by molar-refractivity contribution is -0.119. The fourth-order valence-electron chi connectivity index (χ4n) is 2.97. The summed E-state index contributed by atoms with van der Waals surface area (Å²) in [6.45, 7) is 2.34. The van der Waals surface area contributed by atoms with Crippen molar-refractivity contribution in [2.24, 2.45) is 0 Å². The van der Waals surface area contributed by atoms with Gasteiger partial charge in [0.2, 0.25) is 5.91 Å². The molecular formula is C24H22Cl2N2O4S2. The first-order valence-corrected chi connectivity index (χ1v) is 12.5. The van der Waals surface area contributed by atoms with E-state index in [1.807, 2.05) is 17.5 Å². The Hall–Kier alpha value is -2.65. The molecule has 1 aromatic heterocycles. The number of carbonyl (C=O) groups excluding carboxylic acids is 2. The third kappa shape index (κ3) is 7.43. The zero-order valence-corrected chi connectivity index (χ0v) is 21.4. The molecule has 34 heavy (non-hydrogen) atoms. The molecule has 0 aliphatic carbocycles. The number of hydrogen-bond donors (Lipinski definition) is 2. The van der Waals surface area contributed by atoms with E-state index in [2.05, 4.69) is 10.6 Å². The molecule has 10 heteroatoms. The van der Waals surface area contributed by atoms with E-state index in [4.69, 9.17) is 44.9 Å². The van der Waals surface area contributed by atoms with Gasteiger partial charge in [0.1, 0.15) is 16.3 Å². The molecule has 0 spiro atoms. The summed E-state index contributed by atoms with van der Waals surface area (Å²) in [6, 6.07) is 14.1. The van der Waals surface area contributed by atoms with Gasteiger partial charge in [-0.3, -0.25) is 4.79 Å². The van der Waals surface area contributed by atoms with Crippen molar-refractivity contribution in [3.05, 3.63) is 69.5 Å². The number of rotatable bonds is 9. The molecule has 0 atom stereocenters. The zero-order chi connectivity index (χ0) is 24.5. The first-order valence-electron chi connectivity index (χ1n) is 10.4. The minimum Gasteiger partial charge on any atom is -0.494 e. The van der Waals surface area contributed by atoms with Crippen LogP contribution < -0.4 is 15.4 Å². The van der Waals surface area contributed by atoms with Gasteiger partial charge in [0.25, 0.3) is 0 Å². The molecule has 3 aromatic rings. The molecule has 178 valence electrons. The predicted octanol–water partition coefficient (Wildman–Crippen LogP) is 6.57. The molecule has 0 unspecified atom stereocenters. The van der Waals surface area contributed by atoms with E-state index in [1.54, 1.807) is 43.3 Å². The Morgan fingerprint density at radius 1 is 1.03 bits per heavy atom. The number of esters is 1. The number of ether oxygens (including phenoxy) is 2. The van der Waals surface area contributed by atoms with Crippen LogP contribution in [0.4, 0.5) is 5.00 Å². The van der Waals surface area contributed by atoms with Crippen molar-refractivity contribution in [3.8, 4) is 16.9 Å². The van der Waals surface area contributed by atoms with Crippen LogP contribution in [0.15, 0.2) is 53.9 Å². The summed E-state index contributed by atoms with van der Waals surface area (Å²) < 4.78 is 10.8. The molecule has 0 bridgehead atoms. The van der Waals surface area contributed by atoms with Crippen molar-refractivity contribution in [3.63, 3.8) is 0 Å². The molecular weight excluding hydrogens is 515 g/mol. The number of hydrogen-bond acceptors (Lipinski definition) is 6. The van der Waals surface area contributed by atoms with Gasteiger partial charge in [-0.1, -0.05) is 35.3 Å². The molecule has 3 rings (SSSR count). The number of nitrogens with one attached hydrogen (secondary N) is 2. The van der Waals surface area contributed by atoms with Crippen molar-refractivity contribution in [1.82, 2.24) is 5.32 Å². The summed E-state index contributed by atoms with van der Waals surface area (Å²) in [5, 5.41) is 9.22. The summed E-state index contributed by atoms with van der Waals surface area (Å²) in [7, 11) is 0. The van der Waals surface area contributed by atoms with Gasteiger partial charge in [-0.2, -0.15) is 0 Å². The van der Waals surface area contributed by atoms with Crippen LogP contribution in [0.3, 0.4) is 0 Å². The van der Waals surface area contributed by atoms with Gasteiger partial charge in [-0.15, -0.1) is 11.3 Å². The Labute approximate surface area is 217 Å². The normalized spacial score (nSPS) is 10.4. The van der Waals surface area contributed by atoms with E-state index < -0.39 is 5.97 Å². The van der Waals surface area contributed by atoms with Gasteiger partial charge < -0.3 is 20.1 Å². The minimum absolute atomic E-state index is 0.0960. The molecule has 0 fully saturated rings. The number of benzene rings is 2. The molecule has 0 aliphatic heterocycles. The molecule has 6 nitrogen and oxygen atoms in total. The Morgan fingerprint density at radius 2 is 1.68 bits per heavy atom. The van der Waals surface area contributed by atoms with Gasteiger partial charge in [-0.05, 0) is 67.5 Å². The number of amides is 1. The Balaban J connectivity index is 1.57. The van der Waals surface area contributed by atoms with Crippen LogP contribution in [-0.2, 0) is 9.53 Å². The van der Waals surface area contributed by atoms with Crippen LogP contribution in [0.5, 0.6) is 5.75 Å². The monoisotopic (exact) mass is 536 g/mol. The standard InChI is InChI=1S/C24H22Cl2N2O4S2/c1-2-31-23(30)21-19(15-5-7-16(25)8-6-15)14-34-22(21)28-24(33)27-20(29)4-3-13-32-18-11-9-17(26)10-12-18/h5-12,14H,2-4,13H2,1H3,(H2,27,28,29,33). The zero-order valence-electron chi connectivity index (χ0n) is 18.2. The maximum atomic E-state index is 12.7. The van der Waals surface area contributed by atoms with Crippen LogP contribution in [-0.4, -0.2) is 30.2 Å². The summed E-state index contributed by atoms with van der Waals surface area (Å²) >= 11 is 18.4. The van der Waals surface area contributed by atoms with E-state index in [9.17, 15) is 9.59 Å². The molecule has 1 amide bonds. The van der Waals surface area contributed by atoms with Crippen LogP contribution in [0.25, 0.3) is 11.1 Å². The lowest BCUT2D eigenvalue weighted by Crippen LogP contribution is -2.34. The second kappa shape index (κ2) is 12.7. The third-order valence-corrected chi connectivity index (χ3v) is 6.14. The lowest BCUT2D eigenvalue weighted by atomic mass is 10.0. The quantitative estimate of drug-likeness (QED) is 0.183. The van der Waals surface area contributed by atoms with Gasteiger partial charge in [0.05, 0.1) is 13.2 Å². The molecule has 1 heterocycles. The van der Waals surface area contributed by atoms with Crippen molar-refractivity contribution in [2.75, 3.05) is 18.5 Å². The van der Waals surface area contributed by atoms with E-state index in [0.717, 1.165) is 5.56 Å². The number of thiophene rings is 1. The largest absolute Gasteiger partial charge is 0.494 e. The third-order valence-electron chi connectivity index (χ3n) is 4.54. The molecule has 0 saturated heterocycles. The summed E-state index contributed by atoms with van der Waals surface area (Å²) in [5.74, 6) is -0.0586. The second-order valence-corrected chi connectivity index (χ2v) is 9.15. The van der Waals surface area contributed by atoms with Gasteiger partial charge in [-0.25, -0.2) is 4.79 Å². The average Bonchev–Trinajstić information content (AvgIpc) is 3.22. The minimum atomic E-state index is -0.482. The fourth-order valence-corrected chi connectivity index (χ4v) is 4.47. The lowest BCUT2D eigenvalue weighted by Gasteiger charge is -2.11. The predicted molar refractivity (Wildman–Crippen MR) is 141 cm³/mol. The number of anilines is 1. The summed E-state index contributed by atoms with van der Waals surface area (Å²) in [5.41, 5.74) is 1.85. The highest BCUT2D eigenvalue weighted by Gasteiger charge is 2.22. The summed E-state index contributed by atoms with van der Waals surface area (Å²) in [4.78, 5) is 24.9. The Morgan fingerprint density at radius 3 is 2.32 bits per heavy atom. The van der Waals surface area contributed by atoms with Crippen LogP contribution >= 0.6 is 46.8 Å². The Bertz CT molecular complexity index is 1150. The first kappa shape index (κ1) is 26.0. The second-order valence-electron chi connectivity index (χ2n) is 6.99. The van der Waals surface area contributed by atoms with Crippen LogP contribution in [0.2, 0.25) is 10.0 Å². The van der Waals surface area contributed by atoms with E-state index >= 15 is 0 Å². The highest BCUT2D eigenvalue weighted by Crippen LogP contribution is 2.36. The molecule has 2 aromatic carbocycles.